The van der Waals surface area contributed by atoms with Crippen LogP contribution in [0.25, 0.3) is 0 Å². The van der Waals surface area contributed by atoms with Crippen molar-refractivity contribution in [1.82, 2.24) is 0 Å². The van der Waals surface area contributed by atoms with Crippen LogP contribution in [-0.4, -0.2) is 19.2 Å². The molecule has 0 saturated heterocycles. The summed E-state index contributed by atoms with van der Waals surface area (Å²) in [5, 5.41) is 0. The van der Waals surface area contributed by atoms with Gasteiger partial charge in [-0.2, -0.15) is 4.89 Å². The lowest BCUT2D eigenvalue weighted by Gasteiger charge is -2.09. The summed E-state index contributed by atoms with van der Waals surface area (Å²) >= 11 is 0. The lowest BCUT2D eigenvalue weighted by Crippen LogP contribution is -2.10. The van der Waals surface area contributed by atoms with E-state index in [0.29, 0.717) is 12.0 Å². The van der Waals surface area contributed by atoms with Crippen molar-refractivity contribution in [2.75, 3.05) is 7.11 Å². The Kier molecular flexibility index (Phi) is 5.82. The molecule has 4 nitrogen and oxygen atoms in total. The Morgan fingerprint density at radius 3 is 2.78 bits per heavy atom. The second-order valence-corrected chi connectivity index (χ2v) is 4.16. The molecule has 1 atom stereocenters. The average molecular weight is 251 g/mol. The van der Waals surface area contributed by atoms with E-state index in [1.54, 1.807) is 13.2 Å². The summed E-state index contributed by atoms with van der Waals surface area (Å²) in [6.07, 6.45) is 0.584. The average Bonchev–Trinajstić information content (AvgIpc) is 2.37. The number of hydrogen-bond donors (Lipinski definition) is 0. The van der Waals surface area contributed by atoms with Crippen molar-refractivity contribution in [3.8, 4) is 0 Å². The molecule has 99 valence electrons. The summed E-state index contributed by atoms with van der Waals surface area (Å²) in [7, 11) is 1.61. The Bertz CT molecular complexity index is 401. The Morgan fingerprint density at radius 1 is 1.39 bits per heavy atom. The predicted octanol–water partition coefficient (Wildman–Crippen LogP) is 2.98. The summed E-state index contributed by atoms with van der Waals surface area (Å²) in [4.78, 5) is 21.2. The Balaban J connectivity index is 2.44. The molecule has 1 radical (unpaired) electrons. The van der Waals surface area contributed by atoms with E-state index < -0.39 is 5.97 Å². The molecule has 4 heteroatoms. The molecule has 0 aliphatic rings. The van der Waals surface area contributed by atoms with Gasteiger partial charge in [0.05, 0.1) is 11.7 Å². The Morgan fingerprint density at radius 2 is 2.11 bits per heavy atom. The fourth-order valence-electron chi connectivity index (χ4n) is 1.37. The molecular weight excluding hydrogens is 232 g/mol. The van der Waals surface area contributed by atoms with Gasteiger partial charge in [-0.3, -0.25) is 4.89 Å². The van der Waals surface area contributed by atoms with Crippen LogP contribution >= 0.6 is 0 Å². The highest BCUT2D eigenvalue weighted by Gasteiger charge is 2.12. The first-order valence-corrected chi connectivity index (χ1v) is 5.84. The summed E-state index contributed by atoms with van der Waals surface area (Å²) in [6.45, 7) is 7.13. The number of carbonyl (C=O) groups is 1. The number of ether oxygens (including phenoxy) is 1. The largest absolute Gasteiger partial charge is 0.382 e. The number of methoxy groups -OCH3 is 1. The van der Waals surface area contributed by atoms with Crippen molar-refractivity contribution in [1.29, 1.82) is 0 Å². The van der Waals surface area contributed by atoms with Crippen LogP contribution in [-0.2, 0) is 14.5 Å². The van der Waals surface area contributed by atoms with Crippen LogP contribution in [0.1, 0.15) is 34.8 Å². The fraction of sp³-hybridized carbons (Fsp3) is 0.429. The molecular formula is C14H19O4. The number of hydrogen-bond acceptors (Lipinski definition) is 4. The second-order valence-electron chi connectivity index (χ2n) is 4.16. The van der Waals surface area contributed by atoms with E-state index >= 15 is 0 Å². The molecule has 0 bridgehead atoms. The van der Waals surface area contributed by atoms with E-state index in [4.69, 9.17) is 14.5 Å². The van der Waals surface area contributed by atoms with Gasteiger partial charge in [0.2, 0.25) is 0 Å². The highest BCUT2D eigenvalue weighted by Crippen LogP contribution is 2.14. The minimum atomic E-state index is -0.488. The summed E-state index contributed by atoms with van der Waals surface area (Å²) < 4.78 is 5.02. The van der Waals surface area contributed by atoms with Crippen LogP contribution < -0.4 is 0 Å². The predicted molar refractivity (Wildman–Crippen MR) is 67.8 cm³/mol. The van der Waals surface area contributed by atoms with Gasteiger partial charge in [-0.1, -0.05) is 12.1 Å². The zero-order valence-electron chi connectivity index (χ0n) is 11.2. The first-order valence-electron chi connectivity index (χ1n) is 5.84. The lowest BCUT2D eigenvalue weighted by molar-refractivity contribution is -0.215. The maximum atomic E-state index is 11.7. The van der Waals surface area contributed by atoms with Crippen LogP contribution in [0.5, 0.6) is 0 Å². The molecule has 0 aliphatic heterocycles. The second kappa shape index (κ2) is 7.13. The van der Waals surface area contributed by atoms with Crippen molar-refractivity contribution in [2.24, 2.45) is 0 Å². The molecule has 1 aromatic carbocycles. The molecule has 1 rings (SSSR count). The highest BCUT2D eigenvalue weighted by molar-refractivity contribution is 5.90. The topological polar surface area (TPSA) is 44.8 Å². The van der Waals surface area contributed by atoms with E-state index in [1.807, 2.05) is 32.9 Å². The molecule has 0 amide bonds. The van der Waals surface area contributed by atoms with Gasteiger partial charge in [-0.15, -0.1) is 0 Å². The third-order valence-corrected chi connectivity index (χ3v) is 2.85. The van der Waals surface area contributed by atoms with Gasteiger partial charge >= 0.3 is 5.97 Å². The summed E-state index contributed by atoms with van der Waals surface area (Å²) in [6, 6.07) is 5.47. The minimum absolute atomic E-state index is 0.0319. The van der Waals surface area contributed by atoms with E-state index in [2.05, 4.69) is 0 Å². The quantitative estimate of drug-likeness (QED) is 0.443. The SMILES string of the molecule is COC(C)C[CH]OOC(=O)c1cccc(C)c1C. The van der Waals surface area contributed by atoms with Gasteiger partial charge in [0, 0.05) is 13.5 Å². The van der Waals surface area contributed by atoms with Crippen LogP contribution in [0.2, 0.25) is 0 Å². The molecule has 0 fully saturated rings. The van der Waals surface area contributed by atoms with Crippen LogP contribution in [0.15, 0.2) is 18.2 Å². The minimum Gasteiger partial charge on any atom is -0.382 e. The summed E-state index contributed by atoms with van der Waals surface area (Å²) in [5.74, 6) is -0.488. The number of aryl methyl sites for hydroxylation is 1. The smallest absolute Gasteiger partial charge is 0.373 e. The molecule has 1 aromatic rings. The third kappa shape index (κ3) is 4.13. The molecule has 0 aliphatic carbocycles. The van der Waals surface area contributed by atoms with Gasteiger partial charge < -0.3 is 4.74 Å². The van der Waals surface area contributed by atoms with Crippen LogP contribution in [0.4, 0.5) is 0 Å². The van der Waals surface area contributed by atoms with Gasteiger partial charge in [0.25, 0.3) is 0 Å². The first-order chi connectivity index (χ1) is 8.56. The highest BCUT2D eigenvalue weighted by atomic mass is 17.2. The molecule has 0 heterocycles. The van der Waals surface area contributed by atoms with Gasteiger partial charge in [-0.05, 0) is 38.0 Å². The van der Waals surface area contributed by atoms with Crippen molar-refractivity contribution < 1.29 is 19.3 Å². The normalized spacial score (nSPS) is 12.2. The van der Waals surface area contributed by atoms with E-state index in [0.717, 1.165) is 11.1 Å². The Hall–Kier alpha value is -1.39. The van der Waals surface area contributed by atoms with Gasteiger partial charge in [0.1, 0.15) is 6.61 Å². The van der Waals surface area contributed by atoms with Crippen LogP contribution in [0.3, 0.4) is 0 Å². The zero-order chi connectivity index (χ0) is 13.5. The molecule has 0 N–H and O–H groups in total. The van der Waals surface area contributed by atoms with E-state index in [-0.39, 0.29) is 6.10 Å². The van der Waals surface area contributed by atoms with Crippen molar-refractivity contribution >= 4 is 5.97 Å². The monoisotopic (exact) mass is 251 g/mol. The van der Waals surface area contributed by atoms with Crippen molar-refractivity contribution in [3.05, 3.63) is 41.5 Å². The third-order valence-electron chi connectivity index (χ3n) is 2.85. The van der Waals surface area contributed by atoms with Gasteiger partial charge in [-0.25, -0.2) is 4.79 Å². The number of rotatable bonds is 6. The molecule has 18 heavy (non-hydrogen) atoms. The molecule has 1 unspecified atom stereocenters. The van der Waals surface area contributed by atoms with Crippen molar-refractivity contribution in [2.45, 2.75) is 33.3 Å². The van der Waals surface area contributed by atoms with E-state index in [1.165, 1.54) is 6.61 Å². The molecule has 0 aromatic heterocycles. The molecule has 0 spiro atoms. The summed E-state index contributed by atoms with van der Waals surface area (Å²) in [5.41, 5.74) is 2.46. The van der Waals surface area contributed by atoms with Crippen molar-refractivity contribution in [3.63, 3.8) is 0 Å². The number of carbonyl (C=O) groups excluding carboxylic acids is 1. The lowest BCUT2D eigenvalue weighted by atomic mass is 10.0. The first kappa shape index (κ1) is 14.7. The van der Waals surface area contributed by atoms with Crippen LogP contribution in [0, 0.1) is 20.5 Å². The molecule has 0 saturated carbocycles. The zero-order valence-corrected chi connectivity index (χ0v) is 11.2. The fourth-order valence-corrected chi connectivity index (χ4v) is 1.37. The number of benzene rings is 1. The van der Waals surface area contributed by atoms with Gasteiger partial charge in [0.15, 0.2) is 0 Å². The Labute approximate surface area is 108 Å². The van der Waals surface area contributed by atoms with E-state index in [9.17, 15) is 4.79 Å². The maximum absolute atomic E-state index is 11.7. The maximum Gasteiger partial charge on any atom is 0.373 e. The standard InChI is InChI=1S/C14H19O4/c1-10-6-5-7-13(12(10)3)14(15)18-17-9-8-11(2)16-4/h5-7,9,11H,8H2,1-4H3.